The van der Waals surface area contributed by atoms with Crippen molar-refractivity contribution in [2.45, 2.75) is 24.9 Å². The number of nitrogens with one attached hydrogen (secondary N) is 1. The summed E-state index contributed by atoms with van der Waals surface area (Å²) in [5.41, 5.74) is 5.18. The van der Waals surface area contributed by atoms with E-state index >= 15 is 0 Å². The van der Waals surface area contributed by atoms with E-state index in [0.29, 0.717) is 0 Å². The molecule has 1 fully saturated rings. The van der Waals surface area contributed by atoms with Gasteiger partial charge < -0.3 is 25.6 Å². The number of nitrogens with zero attached hydrogens (tertiary/aromatic N) is 5. The van der Waals surface area contributed by atoms with E-state index < -0.39 is 37.7 Å². The molecular weight excluding hydrogens is 421 g/mol. The first-order valence-corrected chi connectivity index (χ1v) is 10.5. The number of hydrogen-bond acceptors (Lipinski definition) is 10. The number of imidazole rings is 2. The van der Waals surface area contributed by atoms with Crippen molar-refractivity contribution in [2.24, 2.45) is 5.92 Å². The van der Waals surface area contributed by atoms with Gasteiger partial charge in [0.1, 0.15) is 12.4 Å². The van der Waals surface area contributed by atoms with Crippen LogP contribution in [-0.2, 0) is 13.8 Å². The van der Waals surface area contributed by atoms with Gasteiger partial charge in [0.05, 0.1) is 19.0 Å². The normalized spacial score (nSPS) is 26.2. The molecule has 3 aromatic rings. The number of fused-ring (bicyclic) bond motifs is 1. The zero-order valence-electron chi connectivity index (χ0n) is 15.5. The van der Waals surface area contributed by atoms with Gasteiger partial charge in [0, 0.05) is 24.9 Å². The standard InChI is InChI=1S/C15H20N7O7P/c16-15-19-12-10(13(25)20-15)18-7-22(12)14-11(24)8(1-4-23)9(29-14)5-28-30(26,27)21-3-2-17-6-21/h2-3,6-9,11,14,23-24H,1,4-5H2,(H,26,27)(H3,16,19,20,25)/t8-,9-,11-,14-/m1/s1. The molecule has 5 atom stereocenters. The van der Waals surface area contributed by atoms with E-state index in [9.17, 15) is 24.5 Å². The average molecular weight is 441 g/mol. The number of nitrogens with two attached hydrogens (primary N) is 1. The second-order valence-electron chi connectivity index (χ2n) is 6.74. The number of ether oxygens (including phenoxy) is 1. The largest absolute Gasteiger partial charge is 0.437 e. The highest BCUT2D eigenvalue weighted by molar-refractivity contribution is 7.51. The van der Waals surface area contributed by atoms with Crippen LogP contribution in [0.2, 0.25) is 0 Å². The van der Waals surface area contributed by atoms with Crippen LogP contribution in [0.1, 0.15) is 12.6 Å². The highest BCUT2D eigenvalue weighted by Crippen LogP contribution is 2.45. The number of aromatic nitrogens is 6. The summed E-state index contributed by atoms with van der Waals surface area (Å²) < 4.78 is 25.7. The minimum absolute atomic E-state index is 0.0124. The first-order valence-electron chi connectivity index (χ1n) is 8.94. The molecule has 6 N–H and O–H groups in total. The van der Waals surface area contributed by atoms with Gasteiger partial charge in [0.15, 0.2) is 17.4 Å². The van der Waals surface area contributed by atoms with Crippen LogP contribution < -0.4 is 11.3 Å². The summed E-state index contributed by atoms with van der Waals surface area (Å²) in [5, 5.41) is 20.2. The van der Waals surface area contributed by atoms with Gasteiger partial charge in [-0.05, 0) is 6.42 Å². The number of hydrogen-bond donors (Lipinski definition) is 5. The molecular formula is C15H20N7O7P. The third kappa shape index (κ3) is 3.64. The van der Waals surface area contributed by atoms with Crippen LogP contribution >= 0.6 is 7.75 Å². The maximum atomic E-state index is 12.4. The van der Waals surface area contributed by atoms with Gasteiger partial charge in [-0.1, -0.05) is 0 Å². The van der Waals surface area contributed by atoms with Gasteiger partial charge in [-0.25, -0.2) is 18.9 Å². The van der Waals surface area contributed by atoms with Crippen LogP contribution in [0.15, 0.2) is 29.8 Å². The van der Waals surface area contributed by atoms with Crippen LogP contribution in [0.3, 0.4) is 0 Å². The number of anilines is 1. The maximum absolute atomic E-state index is 12.4. The molecule has 30 heavy (non-hydrogen) atoms. The van der Waals surface area contributed by atoms with E-state index in [4.69, 9.17) is 15.0 Å². The van der Waals surface area contributed by atoms with Crippen LogP contribution in [-0.4, -0.2) is 69.4 Å². The van der Waals surface area contributed by atoms with E-state index in [2.05, 4.69) is 19.9 Å². The van der Waals surface area contributed by atoms with Gasteiger partial charge in [0.25, 0.3) is 5.56 Å². The molecule has 1 unspecified atom stereocenters. The predicted molar refractivity (Wildman–Crippen MR) is 101 cm³/mol. The van der Waals surface area contributed by atoms with Crippen molar-refractivity contribution in [2.75, 3.05) is 18.9 Å². The lowest BCUT2D eigenvalue weighted by atomic mass is 9.95. The Morgan fingerprint density at radius 1 is 1.40 bits per heavy atom. The predicted octanol–water partition coefficient (Wildman–Crippen LogP) is -1.18. The van der Waals surface area contributed by atoms with E-state index in [-0.39, 0.29) is 36.7 Å². The lowest BCUT2D eigenvalue weighted by Gasteiger charge is -2.20. The molecule has 1 aliphatic rings. The summed E-state index contributed by atoms with van der Waals surface area (Å²) in [6.07, 6.45) is 2.18. The topological polar surface area (TPSA) is 204 Å². The lowest BCUT2D eigenvalue weighted by Crippen LogP contribution is -2.29. The van der Waals surface area contributed by atoms with E-state index in [0.717, 1.165) is 10.7 Å². The Bertz CT molecular complexity index is 1130. The molecule has 1 saturated heterocycles. The second-order valence-corrected chi connectivity index (χ2v) is 8.44. The van der Waals surface area contributed by atoms with Gasteiger partial charge in [0.2, 0.25) is 5.95 Å². The van der Waals surface area contributed by atoms with E-state index in [1.165, 1.54) is 23.3 Å². The van der Waals surface area contributed by atoms with Crippen LogP contribution in [0.5, 0.6) is 0 Å². The van der Waals surface area contributed by atoms with Crippen LogP contribution in [0.25, 0.3) is 11.2 Å². The fourth-order valence-electron chi connectivity index (χ4n) is 3.46. The molecule has 4 rings (SSSR count). The van der Waals surface area contributed by atoms with Gasteiger partial charge in [-0.3, -0.25) is 18.9 Å². The minimum Gasteiger partial charge on any atom is -0.396 e. The number of H-pyrrole nitrogens is 1. The fourth-order valence-corrected chi connectivity index (χ4v) is 4.35. The van der Waals surface area contributed by atoms with Crippen molar-refractivity contribution in [3.63, 3.8) is 0 Å². The molecule has 162 valence electrons. The monoisotopic (exact) mass is 441 g/mol. The smallest absolute Gasteiger partial charge is 0.396 e. The third-order valence-corrected chi connectivity index (χ3v) is 6.20. The first-order chi connectivity index (χ1) is 14.3. The molecule has 0 radical (unpaired) electrons. The van der Waals surface area contributed by atoms with E-state index in [1.54, 1.807) is 0 Å². The van der Waals surface area contributed by atoms with Crippen molar-refractivity contribution in [3.05, 3.63) is 35.4 Å². The van der Waals surface area contributed by atoms with Crippen LogP contribution in [0.4, 0.5) is 5.95 Å². The molecule has 3 aromatic heterocycles. The summed E-state index contributed by atoms with van der Waals surface area (Å²) in [4.78, 5) is 36.1. The molecule has 0 aromatic carbocycles. The molecule has 0 saturated carbocycles. The molecule has 4 heterocycles. The molecule has 15 heteroatoms. The lowest BCUT2D eigenvalue weighted by molar-refractivity contribution is -0.0473. The number of aliphatic hydroxyl groups is 2. The quantitative estimate of drug-likeness (QED) is 0.276. The summed E-state index contributed by atoms with van der Waals surface area (Å²) in [5.74, 6) is -0.755. The molecule has 0 spiro atoms. The zero-order valence-corrected chi connectivity index (χ0v) is 16.4. The number of aromatic amines is 1. The minimum atomic E-state index is -4.21. The Morgan fingerprint density at radius 2 is 2.20 bits per heavy atom. The Labute approximate surface area is 168 Å². The third-order valence-electron chi connectivity index (χ3n) is 4.90. The van der Waals surface area contributed by atoms with Gasteiger partial charge in [-0.15, -0.1) is 0 Å². The van der Waals surface area contributed by atoms with Crippen molar-refractivity contribution in [1.29, 1.82) is 0 Å². The Balaban J connectivity index is 1.60. The summed E-state index contributed by atoms with van der Waals surface area (Å²) in [6.45, 7) is -0.588. The SMILES string of the molecule is Nc1nc2c(ncn2[C@@H]2O[C@H](COP(=O)(O)n3ccnc3)[C@@H](CCO)[C@H]2O)c(=O)[nH]1. The average Bonchev–Trinajstić information content (AvgIpc) is 3.41. The van der Waals surface area contributed by atoms with Crippen molar-refractivity contribution < 1.29 is 28.9 Å². The number of aliphatic hydroxyl groups excluding tert-OH is 2. The molecule has 0 bridgehead atoms. The molecule has 1 aliphatic heterocycles. The van der Waals surface area contributed by atoms with Gasteiger partial charge >= 0.3 is 7.75 Å². The summed E-state index contributed by atoms with van der Waals surface area (Å²) >= 11 is 0. The van der Waals surface area contributed by atoms with Gasteiger partial charge in [-0.2, -0.15) is 4.98 Å². The summed E-state index contributed by atoms with van der Waals surface area (Å²) in [6, 6.07) is 0. The maximum Gasteiger partial charge on any atom is 0.437 e. The highest BCUT2D eigenvalue weighted by Gasteiger charge is 2.45. The molecule has 0 amide bonds. The first kappa shape index (κ1) is 20.7. The number of rotatable bonds is 7. The summed E-state index contributed by atoms with van der Waals surface area (Å²) in [7, 11) is -4.21. The Morgan fingerprint density at radius 3 is 2.90 bits per heavy atom. The Kier molecular flexibility index (Phi) is 5.44. The van der Waals surface area contributed by atoms with E-state index in [1.807, 2.05) is 0 Å². The Hall–Kier alpha value is -2.61. The van der Waals surface area contributed by atoms with Crippen molar-refractivity contribution in [1.82, 2.24) is 28.8 Å². The molecule has 14 nitrogen and oxygen atoms in total. The molecule has 0 aliphatic carbocycles. The van der Waals surface area contributed by atoms with Crippen molar-refractivity contribution >= 4 is 24.9 Å². The fraction of sp³-hybridized carbons (Fsp3) is 0.467. The zero-order chi connectivity index (χ0) is 21.5. The number of nitrogen functional groups attached to an aromatic ring is 1. The highest BCUT2D eigenvalue weighted by atomic mass is 31.2. The second kappa shape index (κ2) is 7.91. The van der Waals surface area contributed by atoms with Crippen LogP contribution in [0, 0.1) is 5.92 Å². The van der Waals surface area contributed by atoms with Crippen molar-refractivity contribution in [3.8, 4) is 0 Å².